The zero-order valence-corrected chi connectivity index (χ0v) is 14.6. The van der Waals surface area contributed by atoms with E-state index in [-0.39, 0.29) is 12.0 Å². The van der Waals surface area contributed by atoms with E-state index < -0.39 is 6.09 Å². The topological polar surface area (TPSA) is 99.8 Å². The maximum atomic E-state index is 10.9. The van der Waals surface area contributed by atoms with Crippen LogP contribution >= 0.6 is 0 Å². The highest BCUT2D eigenvalue weighted by atomic mass is 16.6. The van der Waals surface area contributed by atoms with Gasteiger partial charge >= 0.3 is 6.09 Å². The van der Waals surface area contributed by atoms with E-state index in [0.29, 0.717) is 19.0 Å². The van der Waals surface area contributed by atoms with E-state index in [9.17, 15) is 4.79 Å². The molecule has 1 fully saturated rings. The number of hydrogen-bond acceptors (Lipinski definition) is 7. The van der Waals surface area contributed by atoms with E-state index in [1.54, 1.807) is 6.20 Å². The fraction of sp³-hybridized carbons (Fsp3) is 0.389. The highest BCUT2D eigenvalue weighted by Crippen LogP contribution is 2.29. The second-order valence-electron chi connectivity index (χ2n) is 5.84. The maximum Gasteiger partial charge on any atom is 0.411 e. The normalized spacial score (nSPS) is 16.8. The molecule has 2 N–H and O–H groups in total. The summed E-state index contributed by atoms with van der Waals surface area (Å²) in [6.45, 7) is 4.00. The molecular weight excluding hydrogens is 336 g/mol. The van der Waals surface area contributed by atoms with Crippen molar-refractivity contribution < 1.29 is 19.0 Å². The molecule has 8 nitrogen and oxygen atoms in total. The van der Waals surface area contributed by atoms with Gasteiger partial charge in [-0.2, -0.15) is 4.98 Å². The molecule has 1 amide bonds. The molecule has 1 aromatic heterocycles. The third kappa shape index (κ3) is 4.53. The van der Waals surface area contributed by atoms with Gasteiger partial charge in [0.05, 0.1) is 25.5 Å². The van der Waals surface area contributed by atoms with Gasteiger partial charge < -0.3 is 24.8 Å². The van der Waals surface area contributed by atoms with Crippen LogP contribution in [0.5, 0.6) is 17.4 Å². The predicted molar refractivity (Wildman–Crippen MR) is 95.7 cm³/mol. The molecule has 0 saturated carbocycles. The Hall–Kier alpha value is -3.03. The molecule has 0 spiro atoms. The zero-order chi connectivity index (χ0) is 18.4. The summed E-state index contributed by atoms with van der Waals surface area (Å²) in [6, 6.07) is 7.65. The summed E-state index contributed by atoms with van der Waals surface area (Å²) >= 11 is 0. The fourth-order valence-electron chi connectivity index (χ4n) is 2.89. The number of primary amides is 1. The molecule has 2 heterocycles. The van der Waals surface area contributed by atoms with E-state index in [0.717, 1.165) is 30.9 Å². The van der Waals surface area contributed by atoms with Crippen LogP contribution < -0.4 is 24.8 Å². The number of carbonyl (C=O) groups is 1. The molecule has 3 rings (SSSR count). The number of para-hydroxylation sites is 2. The lowest BCUT2D eigenvalue weighted by Gasteiger charge is -2.33. The monoisotopic (exact) mass is 358 g/mol. The highest BCUT2D eigenvalue weighted by molar-refractivity contribution is 5.67. The Bertz CT molecular complexity index is 755. The van der Waals surface area contributed by atoms with Crippen LogP contribution in [0.1, 0.15) is 19.8 Å². The summed E-state index contributed by atoms with van der Waals surface area (Å²) < 4.78 is 16.6. The minimum Gasteiger partial charge on any atom is -0.490 e. The van der Waals surface area contributed by atoms with Crippen molar-refractivity contribution in [1.29, 1.82) is 0 Å². The molecular formula is C18H22N4O4. The largest absolute Gasteiger partial charge is 0.490 e. The van der Waals surface area contributed by atoms with Crippen molar-refractivity contribution in [1.82, 2.24) is 9.97 Å². The van der Waals surface area contributed by atoms with E-state index in [1.165, 1.54) is 6.20 Å². The SMILES string of the molecule is CCOc1ccccc1OC1CCCN(c2cncc(OC(N)=O)n2)C1. The number of nitrogens with two attached hydrogens (primary N) is 1. The molecule has 2 aromatic rings. The summed E-state index contributed by atoms with van der Waals surface area (Å²) in [7, 11) is 0. The van der Waals surface area contributed by atoms with Crippen LogP contribution in [-0.4, -0.2) is 41.9 Å². The molecule has 1 aromatic carbocycles. The Kier molecular flexibility index (Phi) is 5.73. The second-order valence-corrected chi connectivity index (χ2v) is 5.84. The molecule has 26 heavy (non-hydrogen) atoms. The Morgan fingerprint density at radius 2 is 2.12 bits per heavy atom. The number of ether oxygens (including phenoxy) is 3. The first kappa shape index (κ1) is 17.8. The van der Waals surface area contributed by atoms with E-state index in [4.69, 9.17) is 19.9 Å². The van der Waals surface area contributed by atoms with Gasteiger partial charge in [-0.25, -0.2) is 4.79 Å². The first-order valence-corrected chi connectivity index (χ1v) is 8.58. The van der Waals surface area contributed by atoms with Crippen LogP contribution in [0.2, 0.25) is 0 Å². The molecule has 1 aliphatic heterocycles. The summed E-state index contributed by atoms with van der Waals surface area (Å²) in [5.41, 5.74) is 5.03. The summed E-state index contributed by atoms with van der Waals surface area (Å²) in [4.78, 5) is 21.3. The van der Waals surface area contributed by atoms with Crippen molar-refractivity contribution in [2.45, 2.75) is 25.9 Å². The average Bonchev–Trinajstić information content (AvgIpc) is 2.63. The number of piperidine rings is 1. The highest BCUT2D eigenvalue weighted by Gasteiger charge is 2.24. The van der Waals surface area contributed by atoms with Gasteiger partial charge in [-0.3, -0.25) is 4.98 Å². The van der Waals surface area contributed by atoms with Crippen molar-refractivity contribution in [3.63, 3.8) is 0 Å². The molecule has 0 bridgehead atoms. The second kappa shape index (κ2) is 8.37. The number of aromatic nitrogens is 2. The molecule has 1 unspecified atom stereocenters. The van der Waals surface area contributed by atoms with Crippen LogP contribution in [0.3, 0.4) is 0 Å². The predicted octanol–water partition coefficient (Wildman–Crippen LogP) is 2.38. The van der Waals surface area contributed by atoms with Crippen LogP contribution in [-0.2, 0) is 0 Å². The summed E-state index contributed by atoms with van der Waals surface area (Å²) in [6.07, 6.45) is 3.94. The smallest absolute Gasteiger partial charge is 0.411 e. The Labute approximate surface area is 151 Å². The molecule has 1 atom stereocenters. The molecule has 8 heteroatoms. The lowest BCUT2D eigenvalue weighted by atomic mass is 10.1. The van der Waals surface area contributed by atoms with E-state index in [2.05, 4.69) is 14.9 Å². The van der Waals surface area contributed by atoms with Crippen LogP contribution in [0, 0.1) is 0 Å². The van der Waals surface area contributed by atoms with E-state index in [1.807, 2.05) is 31.2 Å². The minimum atomic E-state index is -0.913. The number of anilines is 1. The van der Waals surface area contributed by atoms with Crippen molar-refractivity contribution in [3.8, 4) is 17.4 Å². The molecule has 1 aliphatic rings. The number of amides is 1. The van der Waals surface area contributed by atoms with E-state index >= 15 is 0 Å². The number of benzene rings is 1. The summed E-state index contributed by atoms with van der Waals surface area (Å²) in [5, 5.41) is 0. The number of nitrogens with zero attached hydrogens (tertiary/aromatic N) is 3. The first-order chi connectivity index (χ1) is 12.7. The zero-order valence-electron chi connectivity index (χ0n) is 14.6. The van der Waals surface area contributed by atoms with Gasteiger partial charge in [-0.1, -0.05) is 12.1 Å². The number of hydrogen-bond donors (Lipinski definition) is 1. The van der Waals surface area contributed by atoms with Gasteiger partial charge in [-0.05, 0) is 31.9 Å². The van der Waals surface area contributed by atoms with Gasteiger partial charge in [0.15, 0.2) is 17.3 Å². The van der Waals surface area contributed by atoms with Gasteiger partial charge in [0.2, 0.25) is 5.88 Å². The molecule has 138 valence electrons. The van der Waals surface area contributed by atoms with Crippen molar-refractivity contribution in [2.75, 3.05) is 24.6 Å². The third-order valence-corrected chi connectivity index (χ3v) is 3.95. The van der Waals surface area contributed by atoms with Gasteiger partial charge in [0.1, 0.15) is 6.10 Å². The van der Waals surface area contributed by atoms with Crippen molar-refractivity contribution in [3.05, 3.63) is 36.7 Å². The van der Waals surface area contributed by atoms with Crippen LogP contribution in [0.25, 0.3) is 0 Å². The third-order valence-electron chi connectivity index (χ3n) is 3.95. The number of rotatable bonds is 6. The molecule has 1 saturated heterocycles. The number of carbonyl (C=O) groups excluding carboxylic acids is 1. The van der Waals surface area contributed by atoms with Gasteiger partial charge in [0, 0.05) is 6.54 Å². The lowest BCUT2D eigenvalue weighted by molar-refractivity contribution is 0.169. The average molecular weight is 358 g/mol. The Balaban J connectivity index is 1.69. The van der Waals surface area contributed by atoms with Crippen molar-refractivity contribution in [2.24, 2.45) is 5.73 Å². The van der Waals surface area contributed by atoms with Gasteiger partial charge in [0.25, 0.3) is 0 Å². The fourth-order valence-corrected chi connectivity index (χ4v) is 2.89. The van der Waals surface area contributed by atoms with Crippen molar-refractivity contribution >= 4 is 11.9 Å². The Morgan fingerprint density at radius 3 is 2.88 bits per heavy atom. The minimum absolute atomic E-state index is 0.00660. The standard InChI is InChI=1S/C18H22N4O4/c1-2-24-14-7-3-4-8-15(14)25-13-6-5-9-22(12-13)16-10-20-11-17(21-16)26-18(19)23/h3-4,7-8,10-11,13H,2,5-6,9,12H2,1H3,(H2,19,23). The Morgan fingerprint density at radius 1 is 1.31 bits per heavy atom. The van der Waals surface area contributed by atoms with Crippen LogP contribution in [0.4, 0.5) is 10.6 Å². The molecule has 0 aliphatic carbocycles. The maximum absolute atomic E-state index is 10.9. The van der Waals surface area contributed by atoms with Gasteiger partial charge in [-0.15, -0.1) is 0 Å². The van der Waals surface area contributed by atoms with Crippen LogP contribution in [0.15, 0.2) is 36.7 Å². The lowest BCUT2D eigenvalue weighted by Crippen LogP contribution is -2.41. The quantitative estimate of drug-likeness (QED) is 0.846. The first-order valence-electron chi connectivity index (χ1n) is 8.58. The summed E-state index contributed by atoms with van der Waals surface area (Å²) in [5.74, 6) is 2.18. The molecule has 0 radical (unpaired) electrons.